The average molecular weight is 316 g/mol. The Morgan fingerprint density at radius 1 is 0.913 bits per heavy atom. The summed E-state index contributed by atoms with van der Waals surface area (Å²) in [5.74, 6) is 0.0939. The maximum absolute atomic E-state index is 12.0. The molecule has 3 heteroatoms. The van der Waals surface area contributed by atoms with Crippen LogP contribution >= 0.6 is 0 Å². The highest BCUT2D eigenvalue weighted by atomic mass is 16.4. The van der Waals surface area contributed by atoms with Crippen molar-refractivity contribution in [3.8, 4) is 5.75 Å². The minimum Gasteiger partial charge on any atom is -0.507 e. The molecule has 0 amide bonds. The molecule has 1 aromatic carbocycles. The molecule has 0 spiro atoms. The Morgan fingerprint density at radius 3 is 2.22 bits per heavy atom. The Hall–Kier alpha value is -1.77. The van der Waals surface area contributed by atoms with E-state index in [1.807, 2.05) is 6.07 Å². The van der Waals surface area contributed by atoms with Crippen molar-refractivity contribution < 1.29 is 9.52 Å². The van der Waals surface area contributed by atoms with Gasteiger partial charge >= 0.3 is 5.63 Å². The minimum atomic E-state index is -0.402. The van der Waals surface area contributed by atoms with Crippen molar-refractivity contribution in [2.24, 2.45) is 0 Å². The second kappa shape index (κ2) is 9.39. The Morgan fingerprint density at radius 2 is 1.52 bits per heavy atom. The third-order valence-electron chi connectivity index (χ3n) is 4.41. The monoisotopic (exact) mass is 316 g/mol. The summed E-state index contributed by atoms with van der Waals surface area (Å²) >= 11 is 0. The van der Waals surface area contributed by atoms with Gasteiger partial charge in [0.15, 0.2) is 0 Å². The SMILES string of the molecule is CCCCCCCCCCCc1c(O)c2ccccc2oc1=O. The van der Waals surface area contributed by atoms with Crippen LogP contribution in [-0.2, 0) is 6.42 Å². The molecule has 0 aliphatic carbocycles. The summed E-state index contributed by atoms with van der Waals surface area (Å²) in [6.07, 6.45) is 11.7. The molecule has 1 aromatic heterocycles. The van der Waals surface area contributed by atoms with E-state index in [9.17, 15) is 9.90 Å². The van der Waals surface area contributed by atoms with Crippen LogP contribution < -0.4 is 5.63 Å². The summed E-state index contributed by atoms with van der Waals surface area (Å²) in [5, 5.41) is 10.9. The third-order valence-corrected chi connectivity index (χ3v) is 4.41. The third kappa shape index (κ3) is 5.12. The van der Waals surface area contributed by atoms with E-state index in [4.69, 9.17) is 4.42 Å². The minimum absolute atomic E-state index is 0.0939. The standard InChI is InChI=1S/C20H28O3/c1-2-3-4-5-6-7-8-9-10-14-17-19(21)16-13-11-12-15-18(16)23-20(17)22/h11-13,15,21H,2-10,14H2,1H3. The lowest BCUT2D eigenvalue weighted by molar-refractivity contribution is 0.453. The predicted octanol–water partition coefficient (Wildman–Crippen LogP) is 5.57. The van der Waals surface area contributed by atoms with Crippen LogP contribution in [0.25, 0.3) is 11.0 Å². The van der Waals surface area contributed by atoms with Gasteiger partial charge in [-0.25, -0.2) is 4.79 Å². The van der Waals surface area contributed by atoms with Gasteiger partial charge in [-0.15, -0.1) is 0 Å². The lowest BCUT2D eigenvalue weighted by atomic mass is 10.0. The molecular formula is C20H28O3. The second-order valence-corrected chi connectivity index (χ2v) is 6.29. The topological polar surface area (TPSA) is 50.4 Å². The Bertz CT molecular complexity index is 657. The fraction of sp³-hybridized carbons (Fsp3) is 0.550. The number of unbranched alkanes of at least 4 members (excludes halogenated alkanes) is 8. The number of rotatable bonds is 10. The zero-order valence-electron chi connectivity index (χ0n) is 14.1. The fourth-order valence-electron chi connectivity index (χ4n) is 3.00. The van der Waals surface area contributed by atoms with Crippen molar-refractivity contribution in [2.45, 2.75) is 71.1 Å². The zero-order valence-corrected chi connectivity index (χ0v) is 14.1. The molecule has 23 heavy (non-hydrogen) atoms. The van der Waals surface area contributed by atoms with Crippen LogP contribution in [0.2, 0.25) is 0 Å². The molecule has 0 radical (unpaired) electrons. The van der Waals surface area contributed by atoms with Crippen LogP contribution in [0.1, 0.15) is 70.3 Å². The highest BCUT2D eigenvalue weighted by Crippen LogP contribution is 2.27. The normalized spacial score (nSPS) is 11.2. The number of aromatic hydroxyl groups is 1. The largest absolute Gasteiger partial charge is 0.507 e. The molecule has 3 nitrogen and oxygen atoms in total. The van der Waals surface area contributed by atoms with E-state index in [1.54, 1.807) is 18.2 Å². The van der Waals surface area contributed by atoms with Gasteiger partial charge < -0.3 is 9.52 Å². The van der Waals surface area contributed by atoms with Gasteiger partial charge in [0.1, 0.15) is 11.3 Å². The van der Waals surface area contributed by atoms with E-state index in [-0.39, 0.29) is 5.75 Å². The quantitative estimate of drug-likeness (QED) is 0.460. The van der Waals surface area contributed by atoms with Gasteiger partial charge in [-0.2, -0.15) is 0 Å². The van der Waals surface area contributed by atoms with Crippen molar-refractivity contribution in [3.05, 3.63) is 40.2 Å². The average Bonchev–Trinajstić information content (AvgIpc) is 2.56. The van der Waals surface area contributed by atoms with Crippen LogP contribution in [0.3, 0.4) is 0 Å². The van der Waals surface area contributed by atoms with Gasteiger partial charge in [0, 0.05) is 0 Å². The van der Waals surface area contributed by atoms with Crippen molar-refractivity contribution in [1.29, 1.82) is 0 Å². The molecule has 0 saturated carbocycles. The van der Waals surface area contributed by atoms with Gasteiger partial charge in [-0.05, 0) is 25.0 Å². The van der Waals surface area contributed by atoms with E-state index in [0.717, 1.165) is 12.8 Å². The summed E-state index contributed by atoms with van der Waals surface area (Å²) in [5.41, 5.74) is 0.471. The summed E-state index contributed by atoms with van der Waals surface area (Å²) < 4.78 is 5.29. The molecule has 0 aliphatic heterocycles. The molecule has 0 aliphatic rings. The first-order valence-electron chi connectivity index (χ1n) is 8.97. The summed E-state index contributed by atoms with van der Waals surface area (Å²) in [4.78, 5) is 12.0. The van der Waals surface area contributed by atoms with E-state index in [0.29, 0.717) is 23.0 Å². The molecule has 2 aromatic rings. The van der Waals surface area contributed by atoms with Crippen LogP contribution in [-0.4, -0.2) is 5.11 Å². The van der Waals surface area contributed by atoms with Crippen LogP contribution in [0, 0.1) is 0 Å². The lowest BCUT2D eigenvalue weighted by Crippen LogP contribution is -2.07. The zero-order chi connectivity index (χ0) is 16.5. The molecule has 2 rings (SSSR count). The van der Waals surface area contributed by atoms with Gasteiger partial charge in [-0.1, -0.05) is 70.4 Å². The van der Waals surface area contributed by atoms with E-state index in [1.165, 1.54) is 44.9 Å². The lowest BCUT2D eigenvalue weighted by Gasteiger charge is -2.06. The molecule has 0 unspecified atom stereocenters. The molecule has 1 N–H and O–H groups in total. The Balaban J connectivity index is 1.78. The number of hydrogen-bond acceptors (Lipinski definition) is 3. The van der Waals surface area contributed by atoms with Gasteiger partial charge in [0.05, 0.1) is 10.9 Å². The molecule has 0 atom stereocenters. The van der Waals surface area contributed by atoms with E-state index in [2.05, 4.69) is 6.92 Å². The Labute approximate surface area is 138 Å². The number of hydrogen-bond donors (Lipinski definition) is 1. The van der Waals surface area contributed by atoms with Crippen LogP contribution in [0.5, 0.6) is 5.75 Å². The molecule has 0 saturated heterocycles. The number of benzene rings is 1. The van der Waals surface area contributed by atoms with E-state index >= 15 is 0 Å². The summed E-state index contributed by atoms with van der Waals surface area (Å²) in [7, 11) is 0. The maximum atomic E-state index is 12.0. The van der Waals surface area contributed by atoms with Crippen molar-refractivity contribution in [2.75, 3.05) is 0 Å². The fourth-order valence-corrected chi connectivity index (χ4v) is 3.00. The predicted molar refractivity (Wildman–Crippen MR) is 95.1 cm³/mol. The second-order valence-electron chi connectivity index (χ2n) is 6.29. The van der Waals surface area contributed by atoms with Gasteiger partial charge in [0.25, 0.3) is 0 Å². The number of para-hydroxylation sites is 1. The summed E-state index contributed by atoms with van der Waals surface area (Å²) in [6.45, 7) is 2.23. The number of fused-ring (bicyclic) bond motifs is 1. The van der Waals surface area contributed by atoms with Gasteiger partial charge in [0.2, 0.25) is 0 Å². The molecule has 0 fully saturated rings. The first-order valence-corrected chi connectivity index (χ1v) is 8.97. The first-order chi connectivity index (χ1) is 11.2. The van der Waals surface area contributed by atoms with Crippen molar-refractivity contribution in [3.63, 3.8) is 0 Å². The highest BCUT2D eigenvalue weighted by Gasteiger charge is 2.12. The van der Waals surface area contributed by atoms with Crippen molar-refractivity contribution in [1.82, 2.24) is 0 Å². The van der Waals surface area contributed by atoms with E-state index < -0.39 is 5.63 Å². The molecular weight excluding hydrogens is 288 g/mol. The first kappa shape index (κ1) is 17.6. The highest BCUT2D eigenvalue weighted by molar-refractivity contribution is 5.83. The van der Waals surface area contributed by atoms with Gasteiger partial charge in [-0.3, -0.25) is 0 Å². The van der Waals surface area contributed by atoms with Crippen LogP contribution in [0.15, 0.2) is 33.5 Å². The molecule has 1 heterocycles. The molecule has 126 valence electrons. The Kier molecular flexibility index (Phi) is 7.18. The molecule has 0 bridgehead atoms. The smallest absolute Gasteiger partial charge is 0.343 e. The summed E-state index contributed by atoms with van der Waals surface area (Å²) in [6, 6.07) is 7.13. The van der Waals surface area contributed by atoms with Crippen molar-refractivity contribution >= 4 is 11.0 Å². The maximum Gasteiger partial charge on any atom is 0.343 e. The van der Waals surface area contributed by atoms with Crippen LogP contribution in [0.4, 0.5) is 0 Å².